The lowest BCUT2D eigenvalue weighted by atomic mass is 10.1. The molecule has 1 fully saturated rings. The smallest absolute Gasteiger partial charge is 0.307 e. The number of carbonyl (C=O) groups is 1. The van der Waals surface area contributed by atoms with Crippen molar-refractivity contribution in [3.8, 4) is 0 Å². The number of thiophene rings is 1. The Balaban J connectivity index is 1.93. The second kappa shape index (κ2) is 4.63. The van der Waals surface area contributed by atoms with Crippen LogP contribution in [-0.2, 0) is 11.3 Å². The standard InChI is InChI=1S/C10H12BrNO2S/c11-9-6-15-5-8(9)4-12-2-1-7(3-12)10(13)14/h5-7H,1-4H2,(H,13,14). The molecular formula is C10H12BrNO2S. The van der Waals surface area contributed by atoms with Crippen molar-refractivity contribution < 1.29 is 9.90 Å². The van der Waals surface area contributed by atoms with Crippen molar-refractivity contribution in [1.29, 1.82) is 0 Å². The Bertz CT molecular complexity index is 366. The van der Waals surface area contributed by atoms with E-state index >= 15 is 0 Å². The molecule has 0 aromatic carbocycles. The summed E-state index contributed by atoms with van der Waals surface area (Å²) in [5, 5.41) is 13.0. The Labute approximate surface area is 101 Å². The third kappa shape index (κ3) is 2.59. The highest BCUT2D eigenvalue weighted by molar-refractivity contribution is 9.10. The highest BCUT2D eigenvalue weighted by Crippen LogP contribution is 2.25. The van der Waals surface area contributed by atoms with Crippen LogP contribution in [0.2, 0.25) is 0 Å². The molecular weight excluding hydrogens is 278 g/mol. The van der Waals surface area contributed by atoms with Gasteiger partial charge in [-0.3, -0.25) is 9.69 Å². The van der Waals surface area contributed by atoms with Crippen LogP contribution in [0.4, 0.5) is 0 Å². The van der Waals surface area contributed by atoms with E-state index < -0.39 is 5.97 Å². The first-order valence-corrected chi connectivity index (χ1v) is 6.56. The first-order valence-electron chi connectivity index (χ1n) is 4.82. The first-order chi connectivity index (χ1) is 7.16. The van der Waals surface area contributed by atoms with Gasteiger partial charge in [0.05, 0.1) is 5.92 Å². The highest BCUT2D eigenvalue weighted by atomic mass is 79.9. The fraction of sp³-hybridized carbons (Fsp3) is 0.500. The quantitative estimate of drug-likeness (QED) is 0.929. The summed E-state index contributed by atoms with van der Waals surface area (Å²) in [5.41, 5.74) is 1.26. The van der Waals surface area contributed by atoms with Crippen molar-refractivity contribution in [1.82, 2.24) is 4.90 Å². The molecule has 1 atom stereocenters. The Morgan fingerprint density at radius 2 is 2.47 bits per heavy atom. The second-order valence-corrected chi connectivity index (χ2v) is 5.40. The second-order valence-electron chi connectivity index (χ2n) is 3.80. The Morgan fingerprint density at radius 3 is 3.00 bits per heavy atom. The lowest BCUT2D eigenvalue weighted by Crippen LogP contribution is -2.22. The molecule has 1 N–H and O–H groups in total. The maximum absolute atomic E-state index is 10.8. The lowest BCUT2D eigenvalue weighted by molar-refractivity contribution is -0.141. The van der Waals surface area contributed by atoms with Crippen molar-refractivity contribution in [2.75, 3.05) is 13.1 Å². The number of likely N-dealkylation sites (tertiary alicyclic amines) is 1. The van der Waals surface area contributed by atoms with Crippen molar-refractivity contribution in [3.05, 3.63) is 20.8 Å². The van der Waals surface area contributed by atoms with Gasteiger partial charge in [-0.2, -0.15) is 11.3 Å². The van der Waals surface area contributed by atoms with Gasteiger partial charge in [-0.05, 0) is 39.8 Å². The molecule has 1 aliphatic rings. The van der Waals surface area contributed by atoms with Crippen LogP contribution >= 0.6 is 27.3 Å². The molecule has 1 aromatic rings. The fourth-order valence-corrected chi connectivity index (χ4v) is 3.26. The SMILES string of the molecule is O=C(O)C1CCN(Cc2cscc2Br)C1. The van der Waals surface area contributed by atoms with Crippen LogP contribution in [0.25, 0.3) is 0 Å². The maximum Gasteiger partial charge on any atom is 0.307 e. The van der Waals surface area contributed by atoms with Crippen LogP contribution < -0.4 is 0 Å². The average Bonchev–Trinajstić information content (AvgIpc) is 2.77. The summed E-state index contributed by atoms with van der Waals surface area (Å²) in [5.74, 6) is -0.843. The van der Waals surface area contributed by atoms with Crippen LogP contribution in [0.3, 0.4) is 0 Å². The van der Waals surface area contributed by atoms with Crippen molar-refractivity contribution >= 4 is 33.2 Å². The number of hydrogen-bond acceptors (Lipinski definition) is 3. The zero-order valence-corrected chi connectivity index (χ0v) is 10.6. The number of hydrogen-bond donors (Lipinski definition) is 1. The Hall–Kier alpha value is -0.390. The summed E-state index contributed by atoms with van der Waals surface area (Å²) in [6, 6.07) is 0. The minimum Gasteiger partial charge on any atom is -0.481 e. The van der Waals surface area contributed by atoms with E-state index in [1.54, 1.807) is 11.3 Å². The molecule has 0 amide bonds. The van der Waals surface area contributed by atoms with Crippen LogP contribution in [0.1, 0.15) is 12.0 Å². The molecule has 0 spiro atoms. The molecule has 2 heterocycles. The molecule has 0 bridgehead atoms. The van der Waals surface area contributed by atoms with Gasteiger partial charge in [0.1, 0.15) is 0 Å². The predicted octanol–water partition coefficient (Wildman–Crippen LogP) is 2.42. The predicted molar refractivity (Wildman–Crippen MR) is 63.0 cm³/mol. The van der Waals surface area contributed by atoms with Crippen LogP contribution in [-0.4, -0.2) is 29.1 Å². The van der Waals surface area contributed by atoms with Crippen molar-refractivity contribution in [3.63, 3.8) is 0 Å². The molecule has 2 rings (SSSR count). The number of aliphatic carboxylic acids is 1. The third-order valence-electron chi connectivity index (χ3n) is 2.70. The van der Waals surface area contributed by atoms with Gasteiger partial charge in [-0.25, -0.2) is 0 Å². The molecule has 1 unspecified atom stereocenters. The summed E-state index contributed by atoms with van der Waals surface area (Å²) >= 11 is 5.15. The topological polar surface area (TPSA) is 40.5 Å². The highest BCUT2D eigenvalue weighted by Gasteiger charge is 2.28. The van der Waals surface area contributed by atoms with Crippen LogP contribution in [0.5, 0.6) is 0 Å². The molecule has 1 saturated heterocycles. The van der Waals surface area contributed by atoms with Gasteiger partial charge in [0, 0.05) is 22.9 Å². The van der Waals surface area contributed by atoms with Gasteiger partial charge in [-0.15, -0.1) is 0 Å². The zero-order valence-electron chi connectivity index (χ0n) is 8.15. The van der Waals surface area contributed by atoms with E-state index in [0.29, 0.717) is 6.54 Å². The molecule has 1 aromatic heterocycles. The van der Waals surface area contributed by atoms with E-state index in [1.807, 2.05) is 0 Å². The minimum absolute atomic E-state index is 0.178. The van der Waals surface area contributed by atoms with Gasteiger partial charge in [-0.1, -0.05) is 0 Å². The third-order valence-corrected chi connectivity index (χ3v) is 4.54. The first kappa shape index (κ1) is 11.1. The van der Waals surface area contributed by atoms with E-state index in [9.17, 15) is 4.79 Å². The number of halogens is 1. The van der Waals surface area contributed by atoms with E-state index in [1.165, 1.54) is 5.56 Å². The van der Waals surface area contributed by atoms with E-state index in [-0.39, 0.29) is 5.92 Å². The number of carboxylic acids is 1. The summed E-state index contributed by atoms with van der Waals surface area (Å²) in [7, 11) is 0. The van der Waals surface area contributed by atoms with Crippen molar-refractivity contribution in [2.24, 2.45) is 5.92 Å². The summed E-state index contributed by atoms with van der Waals surface area (Å²) in [6.07, 6.45) is 0.775. The van der Waals surface area contributed by atoms with E-state index in [4.69, 9.17) is 5.11 Å². The van der Waals surface area contributed by atoms with Crippen LogP contribution in [0, 0.1) is 5.92 Å². The number of carboxylic acid groups (broad SMARTS) is 1. The Kier molecular flexibility index (Phi) is 3.43. The molecule has 15 heavy (non-hydrogen) atoms. The van der Waals surface area contributed by atoms with Gasteiger partial charge < -0.3 is 5.11 Å². The van der Waals surface area contributed by atoms with Crippen LogP contribution in [0.15, 0.2) is 15.2 Å². The number of nitrogens with zero attached hydrogens (tertiary/aromatic N) is 1. The maximum atomic E-state index is 10.8. The normalized spacial score (nSPS) is 22.1. The summed E-state index contributed by atoms with van der Waals surface area (Å²) < 4.78 is 1.13. The Morgan fingerprint density at radius 1 is 1.67 bits per heavy atom. The molecule has 0 aliphatic carbocycles. The number of rotatable bonds is 3. The molecule has 0 radical (unpaired) electrons. The molecule has 1 aliphatic heterocycles. The van der Waals surface area contributed by atoms with Gasteiger partial charge in [0.15, 0.2) is 0 Å². The average molecular weight is 290 g/mol. The fourth-order valence-electron chi connectivity index (χ4n) is 1.84. The van der Waals surface area contributed by atoms with Gasteiger partial charge in [0.25, 0.3) is 0 Å². The van der Waals surface area contributed by atoms with Crippen molar-refractivity contribution in [2.45, 2.75) is 13.0 Å². The van der Waals surface area contributed by atoms with E-state index in [0.717, 1.165) is 24.0 Å². The zero-order chi connectivity index (χ0) is 10.8. The molecule has 5 heteroatoms. The largest absolute Gasteiger partial charge is 0.481 e. The van der Waals surface area contributed by atoms with E-state index in [2.05, 4.69) is 31.6 Å². The lowest BCUT2D eigenvalue weighted by Gasteiger charge is -2.14. The monoisotopic (exact) mass is 289 g/mol. The van der Waals surface area contributed by atoms with Gasteiger partial charge in [0.2, 0.25) is 0 Å². The molecule has 0 saturated carbocycles. The summed E-state index contributed by atoms with van der Waals surface area (Å²) in [6.45, 7) is 2.42. The molecule has 82 valence electrons. The van der Waals surface area contributed by atoms with Gasteiger partial charge >= 0.3 is 5.97 Å². The molecule has 3 nitrogen and oxygen atoms in total. The minimum atomic E-state index is -0.665. The summed E-state index contributed by atoms with van der Waals surface area (Å²) in [4.78, 5) is 13.0.